The summed E-state index contributed by atoms with van der Waals surface area (Å²) in [4.78, 5) is 10.6. The van der Waals surface area contributed by atoms with Gasteiger partial charge in [0, 0.05) is 12.5 Å². The summed E-state index contributed by atoms with van der Waals surface area (Å²) in [6.45, 7) is 7.89. The fourth-order valence-corrected chi connectivity index (χ4v) is 1.09. The van der Waals surface area contributed by atoms with Crippen LogP contribution in [0.25, 0.3) is 0 Å². The van der Waals surface area contributed by atoms with E-state index in [1.54, 1.807) is 0 Å². The summed E-state index contributed by atoms with van der Waals surface area (Å²) in [5.41, 5.74) is 0. The Morgan fingerprint density at radius 3 is 2.92 bits per heavy atom. The number of hydrogen-bond donors (Lipinski definition) is 0. The SMILES string of the molecule is [CH2]C(C)C(C=O)CCOCC1CO1. The molecule has 0 saturated carbocycles. The molecule has 1 aliphatic rings. The van der Waals surface area contributed by atoms with Gasteiger partial charge in [0.15, 0.2) is 0 Å². The molecule has 0 aromatic rings. The first-order valence-electron chi connectivity index (χ1n) is 4.71. The van der Waals surface area contributed by atoms with E-state index < -0.39 is 0 Å². The molecule has 75 valence electrons. The van der Waals surface area contributed by atoms with Crippen LogP contribution < -0.4 is 0 Å². The summed E-state index contributed by atoms with van der Waals surface area (Å²) in [5.74, 6) is 0.193. The van der Waals surface area contributed by atoms with Gasteiger partial charge in [0.2, 0.25) is 0 Å². The molecule has 13 heavy (non-hydrogen) atoms. The molecule has 3 heteroatoms. The summed E-state index contributed by atoms with van der Waals surface area (Å²) < 4.78 is 10.3. The smallest absolute Gasteiger partial charge is 0.123 e. The molecule has 3 unspecified atom stereocenters. The highest BCUT2D eigenvalue weighted by atomic mass is 16.6. The molecule has 1 saturated heterocycles. The molecule has 0 spiro atoms. The number of hydrogen-bond acceptors (Lipinski definition) is 3. The Morgan fingerprint density at radius 2 is 2.46 bits per heavy atom. The van der Waals surface area contributed by atoms with Gasteiger partial charge in [0.05, 0.1) is 13.2 Å². The monoisotopic (exact) mass is 185 g/mol. The molecule has 1 aliphatic heterocycles. The van der Waals surface area contributed by atoms with Crippen LogP contribution in [0.1, 0.15) is 13.3 Å². The van der Waals surface area contributed by atoms with Crippen LogP contribution >= 0.6 is 0 Å². The van der Waals surface area contributed by atoms with Gasteiger partial charge in [-0.25, -0.2) is 0 Å². The van der Waals surface area contributed by atoms with Gasteiger partial charge in [-0.1, -0.05) is 6.92 Å². The van der Waals surface area contributed by atoms with Crippen molar-refractivity contribution in [2.24, 2.45) is 11.8 Å². The maximum Gasteiger partial charge on any atom is 0.123 e. The lowest BCUT2D eigenvalue weighted by atomic mass is 9.95. The topological polar surface area (TPSA) is 38.8 Å². The minimum atomic E-state index is 0.0279. The Kier molecular flexibility index (Phi) is 4.39. The van der Waals surface area contributed by atoms with Gasteiger partial charge in [0.25, 0.3) is 0 Å². The lowest BCUT2D eigenvalue weighted by Gasteiger charge is -2.13. The van der Waals surface area contributed by atoms with Crippen molar-refractivity contribution in [2.75, 3.05) is 19.8 Å². The summed E-state index contributed by atoms with van der Waals surface area (Å²) in [6, 6.07) is 0. The molecule has 1 heterocycles. The predicted octanol–water partition coefficient (Wildman–Crippen LogP) is 1.08. The maximum atomic E-state index is 10.6. The molecule has 0 aromatic heterocycles. The zero-order valence-corrected chi connectivity index (χ0v) is 8.07. The highest BCUT2D eigenvalue weighted by Crippen LogP contribution is 2.13. The van der Waals surface area contributed by atoms with Crippen LogP contribution in [0.15, 0.2) is 0 Å². The Bertz CT molecular complexity index is 152. The molecular weight excluding hydrogens is 168 g/mol. The fourth-order valence-electron chi connectivity index (χ4n) is 1.09. The van der Waals surface area contributed by atoms with E-state index in [1.807, 2.05) is 6.92 Å². The van der Waals surface area contributed by atoms with Crippen LogP contribution in [0.4, 0.5) is 0 Å². The van der Waals surface area contributed by atoms with Crippen LogP contribution in [0.3, 0.4) is 0 Å². The fraction of sp³-hybridized carbons (Fsp3) is 0.800. The van der Waals surface area contributed by atoms with E-state index in [0.717, 1.165) is 19.3 Å². The average molecular weight is 185 g/mol. The first-order chi connectivity index (χ1) is 6.24. The van der Waals surface area contributed by atoms with Gasteiger partial charge in [-0.15, -0.1) is 0 Å². The molecule has 0 N–H and O–H groups in total. The van der Waals surface area contributed by atoms with E-state index in [0.29, 0.717) is 19.3 Å². The van der Waals surface area contributed by atoms with Crippen molar-refractivity contribution < 1.29 is 14.3 Å². The van der Waals surface area contributed by atoms with Crippen LogP contribution in [0, 0.1) is 18.8 Å². The normalized spacial score (nSPS) is 23.2. The number of epoxide rings is 1. The van der Waals surface area contributed by atoms with Gasteiger partial charge < -0.3 is 14.3 Å². The Hall–Kier alpha value is -0.410. The van der Waals surface area contributed by atoms with Crippen LogP contribution in [-0.2, 0) is 14.3 Å². The van der Waals surface area contributed by atoms with Crippen molar-refractivity contribution in [2.45, 2.75) is 19.4 Å². The lowest BCUT2D eigenvalue weighted by molar-refractivity contribution is -0.112. The molecule has 0 aliphatic carbocycles. The molecule has 3 nitrogen and oxygen atoms in total. The van der Waals surface area contributed by atoms with Gasteiger partial charge >= 0.3 is 0 Å². The zero-order valence-electron chi connectivity index (χ0n) is 8.07. The van der Waals surface area contributed by atoms with Gasteiger partial charge in [0.1, 0.15) is 12.4 Å². The zero-order chi connectivity index (χ0) is 9.68. The Labute approximate surface area is 79.4 Å². The van der Waals surface area contributed by atoms with E-state index in [4.69, 9.17) is 9.47 Å². The summed E-state index contributed by atoms with van der Waals surface area (Å²) in [6.07, 6.45) is 2.04. The Balaban J connectivity index is 1.98. The van der Waals surface area contributed by atoms with Crippen molar-refractivity contribution in [1.29, 1.82) is 0 Å². The van der Waals surface area contributed by atoms with Gasteiger partial charge in [-0.2, -0.15) is 0 Å². The quantitative estimate of drug-likeness (QED) is 0.338. The van der Waals surface area contributed by atoms with E-state index in [1.165, 1.54) is 0 Å². The third-order valence-corrected chi connectivity index (χ3v) is 2.21. The second-order valence-electron chi connectivity index (χ2n) is 3.60. The average Bonchev–Trinajstić information content (AvgIpc) is 2.87. The summed E-state index contributed by atoms with van der Waals surface area (Å²) in [5, 5.41) is 0. The first-order valence-corrected chi connectivity index (χ1v) is 4.71. The number of ether oxygens (including phenoxy) is 2. The van der Waals surface area contributed by atoms with E-state index in [9.17, 15) is 4.79 Å². The summed E-state index contributed by atoms with van der Waals surface area (Å²) >= 11 is 0. The van der Waals surface area contributed by atoms with Crippen LogP contribution in [0.2, 0.25) is 0 Å². The van der Waals surface area contributed by atoms with Crippen molar-refractivity contribution in [3.05, 3.63) is 6.92 Å². The van der Waals surface area contributed by atoms with Crippen molar-refractivity contribution in [3.8, 4) is 0 Å². The Morgan fingerprint density at radius 1 is 1.77 bits per heavy atom. The van der Waals surface area contributed by atoms with Gasteiger partial charge in [-0.3, -0.25) is 0 Å². The first kappa shape index (κ1) is 10.7. The molecular formula is C10H17O3. The molecule has 1 rings (SSSR count). The number of aldehydes is 1. The maximum absolute atomic E-state index is 10.6. The van der Waals surface area contributed by atoms with E-state index in [2.05, 4.69) is 6.92 Å². The largest absolute Gasteiger partial charge is 0.379 e. The minimum Gasteiger partial charge on any atom is -0.379 e. The van der Waals surface area contributed by atoms with Crippen LogP contribution in [-0.4, -0.2) is 32.2 Å². The molecule has 0 amide bonds. The summed E-state index contributed by atoms with van der Waals surface area (Å²) in [7, 11) is 0. The number of rotatable bonds is 7. The molecule has 0 aromatic carbocycles. The molecule has 3 atom stereocenters. The molecule has 0 bridgehead atoms. The highest BCUT2D eigenvalue weighted by Gasteiger charge is 2.22. The second-order valence-corrected chi connectivity index (χ2v) is 3.60. The molecule has 1 fully saturated rings. The standard InChI is InChI=1S/C10H17O3/c1-8(2)9(5-11)3-4-12-6-10-7-13-10/h5,8-10H,1,3-4,6-7H2,2H3. The highest BCUT2D eigenvalue weighted by molar-refractivity contribution is 5.54. The number of carbonyl (C=O) groups excluding carboxylic acids is 1. The van der Waals surface area contributed by atoms with Crippen molar-refractivity contribution in [1.82, 2.24) is 0 Å². The van der Waals surface area contributed by atoms with E-state index in [-0.39, 0.29) is 11.8 Å². The van der Waals surface area contributed by atoms with Gasteiger partial charge in [-0.05, 0) is 19.3 Å². The third kappa shape index (κ3) is 4.39. The van der Waals surface area contributed by atoms with E-state index >= 15 is 0 Å². The predicted molar refractivity (Wildman–Crippen MR) is 49.3 cm³/mol. The second kappa shape index (κ2) is 5.35. The minimum absolute atomic E-state index is 0.0279. The molecule has 1 radical (unpaired) electrons. The lowest BCUT2D eigenvalue weighted by Crippen LogP contribution is -2.14. The van der Waals surface area contributed by atoms with Crippen LogP contribution in [0.5, 0.6) is 0 Å². The number of carbonyl (C=O) groups is 1. The van der Waals surface area contributed by atoms with Crippen molar-refractivity contribution >= 4 is 6.29 Å². The van der Waals surface area contributed by atoms with Crippen molar-refractivity contribution in [3.63, 3.8) is 0 Å². The third-order valence-electron chi connectivity index (χ3n) is 2.21.